The molecule has 0 radical (unpaired) electrons. The third-order valence-electron chi connectivity index (χ3n) is 11.6. The summed E-state index contributed by atoms with van der Waals surface area (Å²) in [5.74, 6) is 0.906. The maximum Gasteiger partial charge on any atom is 0.166 e. The SMILES string of the molecule is COC12C(C(C)(O)C(C)(C)C)CC34CC1(C)C21Oc2c(O)ccc5c2C31CCNC4C5. The van der Waals surface area contributed by atoms with Crippen molar-refractivity contribution >= 4 is 0 Å². The number of ether oxygens (including phenoxy) is 2. The Morgan fingerprint density at radius 2 is 1.97 bits per heavy atom. The molecule has 8 rings (SSSR count). The van der Waals surface area contributed by atoms with Gasteiger partial charge in [0.1, 0.15) is 5.60 Å². The smallest absolute Gasteiger partial charge is 0.166 e. The molecule has 3 spiro atoms. The van der Waals surface area contributed by atoms with Gasteiger partial charge in [-0.3, -0.25) is 0 Å². The van der Waals surface area contributed by atoms with Gasteiger partial charge >= 0.3 is 0 Å². The van der Waals surface area contributed by atoms with E-state index in [2.05, 4.69) is 39.1 Å². The summed E-state index contributed by atoms with van der Waals surface area (Å²) in [6, 6.07) is 4.28. The Morgan fingerprint density at radius 3 is 2.65 bits per heavy atom. The number of methoxy groups -OCH3 is 1. The molecule has 31 heavy (non-hydrogen) atoms. The molecule has 3 N–H and O–H groups in total. The Morgan fingerprint density at radius 1 is 1.23 bits per heavy atom. The fourth-order valence-corrected chi connectivity index (χ4v) is 10.4. The van der Waals surface area contributed by atoms with E-state index in [4.69, 9.17) is 9.47 Å². The number of phenols is 1. The van der Waals surface area contributed by atoms with Crippen molar-refractivity contribution in [1.82, 2.24) is 5.32 Å². The topological polar surface area (TPSA) is 71.0 Å². The number of rotatable bonds is 2. The van der Waals surface area contributed by atoms with Crippen molar-refractivity contribution in [2.45, 2.75) is 88.6 Å². The zero-order valence-electron chi connectivity index (χ0n) is 19.6. The van der Waals surface area contributed by atoms with E-state index in [9.17, 15) is 10.2 Å². The number of nitrogens with one attached hydrogen (secondary N) is 1. The third kappa shape index (κ3) is 1.38. The molecule has 1 aromatic carbocycles. The number of hydrogen-bond donors (Lipinski definition) is 3. The summed E-state index contributed by atoms with van der Waals surface area (Å²) in [4.78, 5) is 0. The first-order valence-electron chi connectivity index (χ1n) is 12.0. The lowest BCUT2D eigenvalue weighted by molar-refractivity contribution is -0.236. The van der Waals surface area contributed by atoms with E-state index in [1.54, 1.807) is 6.07 Å². The number of aliphatic hydroxyl groups is 1. The normalized spacial score (nSPS) is 51.7. The van der Waals surface area contributed by atoms with E-state index >= 15 is 0 Å². The van der Waals surface area contributed by atoms with Gasteiger partial charge in [-0.25, -0.2) is 0 Å². The highest BCUT2D eigenvalue weighted by Crippen LogP contribution is 2.97. The van der Waals surface area contributed by atoms with Crippen LogP contribution in [0.4, 0.5) is 0 Å². The van der Waals surface area contributed by atoms with Gasteiger partial charge in [-0.2, -0.15) is 0 Å². The largest absolute Gasteiger partial charge is 0.504 e. The predicted octanol–water partition coefficient (Wildman–Crippen LogP) is 3.29. The van der Waals surface area contributed by atoms with Gasteiger partial charge in [0, 0.05) is 35.5 Å². The molecule has 1 saturated heterocycles. The van der Waals surface area contributed by atoms with Crippen LogP contribution in [0.5, 0.6) is 11.5 Å². The number of phenolic OH excluding ortho intramolecular Hbond substituents is 1. The maximum atomic E-state index is 12.1. The molecular weight excluding hydrogens is 390 g/mol. The molecule has 5 heteroatoms. The van der Waals surface area contributed by atoms with Crippen LogP contribution in [0, 0.1) is 22.2 Å². The Kier molecular flexibility index (Phi) is 2.89. The van der Waals surface area contributed by atoms with E-state index in [1.807, 2.05) is 14.0 Å². The van der Waals surface area contributed by atoms with Crippen molar-refractivity contribution in [3.8, 4) is 11.5 Å². The lowest BCUT2D eigenvalue weighted by Crippen LogP contribution is -2.76. The minimum atomic E-state index is -0.919. The van der Waals surface area contributed by atoms with Crippen molar-refractivity contribution < 1.29 is 19.7 Å². The van der Waals surface area contributed by atoms with Gasteiger partial charge in [0.15, 0.2) is 17.1 Å². The summed E-state index contributed by atoms with van der Waals surface area (Å²) in [5, 5.41) is 26.9. The van der Waals surface area contributed by atoms with Crippen LogP contribution >= 0.6 is 0 Å². The molecule has 5 fully saturated rings. The molecule has 1 aromatic rings. The first-order chi connectivity index (χ1) is 14.4. The number of fused-ring (bicyclic) bond motifs is 1. The summed E-state index contributed by atoms with van der Waals surface area (Å²) in [5.41, 5.74) is -0.0911. The molecule has 5 nitrogen and oxygen atoms in total. The average molecular weight is 426 g/mol. The summed E-state index contributed by atoms with van der Waals surface area (Å²) < 4.78 is 13.6. The van der Waals surface area contributed by atoms with Gasteiger partial charge in [-0.15, -0.1) is 0 Å². The highest BCUT2D eigenvalue weighted by Gasteiger charge is 3.08. The number of benzene rings is 1. The van der Waals surface area contributed by atoms with E-state index < -0.39 is 16.8 Å². The molecule has 2 aliphatic heterocycles. The highest BCUT2D eigenvalue weighted by molar-refractivity contribution is 5.72. The Balaban J connectivity index is 1.58. The summed E-state index contributed by atoms with van der Waals surface area (Å²) in [6.07, 6.45) is 3.94. The van der Waals surface area contributed by atoms with Gasteiger partial charge in [0.25, 0.3) is 0 Å². The fraction of sp³-hybridized carbons (Fsp3) is 0.769. The lowest BCUT2D eigenvalue weighted by atomic mass is 9.40. The third-order valence-corrected chi connectivity index (χ3v) is 11.6. The second-order valence-corrected chi connectivity index (χ2v) is 12.9. The lowest BCUT2D eigenvalue weighted by Gasteiger charge is -2.67. The second kappa shape index (κ2) is 4.67. The zero-order chi connectivity index (χ0) is 22.0. The predicted molar refractivity (Wildman–Crippen MR) is 116 cm³/mol. The van der Waals surface area contributed by atoms with E-state index in [1.165, 1.54) is 11.1 Å². The Bertz CT molecular complexity index is 1060. The van der Waals surface area contributed by atoms with Crippen molar-refractivity contribution in [3.63, 3.8) is 0 Å². The molecular formula is C26H35NO4. The summed E-state index contributed by atoms with van der Waals surface area (Å²) in [6.45, 7) is 11.7. The van der Waals surface area contributed by atoms with Gasteiger partial charge in [-0.05, 0) is 56.2 Å². The Labute approximate surface area is 184 Å². The first kappa shape index (κ1) is 19.2. The Hall–Kier alpha value is -1.30. The van der Waals surface area contributed by atoms with E-state index in [-0.39, 0.29) is 33.3 Å². The van der Waals surface area contributed by atoms with Crippen LogP contribution < -0.4 is 10.1 Å². The van der Waals surface area contributed by atoms with Crippen LogP contribution in [0.2, 0.25) is 0 Å². The van der Waals surface area contributed by atoms with Crippen molar-refractivity contribution in [2.75, 3.05) is 13.7 Å². The minimum absolute atomic E-state index is 0.00618. The van der Waals surface area contributed by atoms with Crippen molar-refractivity contribution in [2.24, 2.45) is 22.2 Å². The molecule has 5 aliphatic carbocycles. The monoisotopic (exact) mass is 425 g/mol. The second-order valence-electron chi connectivity index (χ2n) is 12.9. The fourth-order valence-electron chi connectivity index (χ4n) is 10.4. The standard InChI is InChI=1S/C26H35NO4/c1-20(2,3)22(5,29)16-12-23-13-21(4)25(16,30-6)26(21)24(23)9-10-27-17(23)11-14-7-8-15(28)19(31-26)18(14)24/h7-8,16-17,27-29H,9-13H2,1-6H3. The van der Waals surface area contributed by atoms with Gasteiger partial charge in [-0.1, -0.05) is 33.8 Å². The van der Waals surface area contributed by atoms with Gasteiger partial charge < -0.3 is 25.0 Å². The molecule has 0 amide bonds. The van der Waals surface area contributed by atoms with Gasteiger partial charge in [0.2, 0.25) is 0 Å². The molecule has 0 aromatic heterocycles. The van der Waals surface area contributed by atoms with E-state index in [0.717, 1.165) is 32.2 Å². The molecule has 4 saturated carbocycles. The maximum absolute atomic E-state index is 12.1. The quantitative estimate of drug-likeness (QED) is 0.678. The summed E-state index contributed by atoms with van der Waals surface area (Å²) in [7, 11) is 1.82. The molecule has 8 unspecified atom stereocenters. The zero-order valence-corrected chi connectivity index (χ0v) is 19.6. The number of piperidine rings is 1. The molecule has 2 heterocycles. The number of aromatic hydroxyl groups is 1. The molecule has 8 atom stereocenters. The van der Waals surface area contributed by atoms with Crippen LogP contribution in [0.3, 0.4) is 0 Å². The minimum Gasteiger partial charge on any atom is -0.504 e. The van der Waals surface area contributed by atoms with Crippen LogP contribution in [-0.2, 0) is 16.6 Å². The molecule has 168 valence electrons. The van der Waals surface area contributed by atoms with Crippen LogP contribution in [-0.4, -0.2) is 46.7 Å². The van der Waals surface area contributed by atoms with Crippen LogP contribution in [0.25, 0.3) is 0 Å². The number of hydrogen-bond acceptors (Lipinski definition) is 5. The van der Waals surface area contributed by atoms with Crippen LogP contribution in [0.15, 0.2) is 12.1 Å². The van der Waals surface area contributed by atoms with Gasteiger partial charge in [0.05, 0.1) is 11.0 Å². The highest BCUT2D eigenvalue weighted by atomic mass is 16.6. The van der Waals surface area contributed by atoms with Crippen molar-refractivity contribution in [3.05, 3.63) is 23.3 Å². The van der Waals surface area contributed by atoms with Crippen LogP contribution in [0.1, 0.15) is 65.0 Å². The summed E-state index contributed by atoms with van der Waals surface area (Å²) >= 11 is 0. The van der Waals surface area contributed by atoms with E-state index in [0.29, 0.717) is 11.8 Å². The first-order valence-corrected chi connectivity index (χ1v) is 12.0. The molecule has 6 bridgehead atoms. The molecule has 7 aliphatic rings. The average Bonchev–Trinajstić information content (AvgIpc) is 2.90. The van der Waals surface area contributed by atoms with Crippen molar-refractivity contribution in [1.29, 1.82) is 0 Å².